The number of benzene rings is 1. The molecule has 0 aliphatic carbocycles. The molecule has 0 radical (unpaired) electrons. The molecule has 1 amide bonds. The van der Waals surface area contributed by atoms with Gasteiger partial charge in [-0.1, -0.05) is 5.92 Å². The number of phenols is 1. The highest BCUT2D eigenvalue weighted by Gasteiger charge is 2.18. The molecule has 3 nitrogen and oxygen atoms in total. The van der Waals surface area contributed by atoms with Crippen molar-refractivity contribution in [2.45, 2.75) is 19.4 Å². The van der Waals surface area contributed by atoms with Crippen molar-refractivity contribution in [1.82, 2.24) is 5.32 Å². The van der Waals surface area contributed by atoms with Gasteiger partial charge in [0.05, 0.1) is 10.0 Å². The van der Waals surface area contributed by atoms with Crippen LogP contribution in [-0.2, 0) is 0 Å². The minimum Gasteiger partial charge on any atom is -0.507 e. The first-order chi connectivity index (χ1) is 7.35. The van der Waals surface area contributed by atoms with Crippen LogP contribution in [0, 0.1) is 12.3 Å². The highest BCUT2D eigenvalue weighted by Crippen LogP contribution is 2.24. The Balaban J connectivity index is 2.91. The smallest absolute Gasteiger partial charge is 0.252 e. The Morgan fingerprint density at radius 1 is 1.56 bits per heavy atom. The number of nitrogens with one attached hydrogen (secondary N) is 1. The van der Waals surface area contributed by atoms with Crippen LogP contribution < -0.4 is 5.32 Å². The van der Waals surface area contributed by atoms with Crippen LogP contribution in [-0.4, -0.2) is 16.6 Å². The molecule has 0 aromatic heterocycles. The van der Waals surface area contributed by atoms with Crippen LogP contribution in [0.4, 0.5) is 0 Å². The number of phenolic OH excluding ortho intramolecular Hbond substituents is 1. The minimum absolute atomic E-state index is 0.0196. The van der Waals surface area contributed by atoms with Crippen molar-refractivity contribution in [3.63, 3.8) is 0 Å². The summed E-state index contributed by atoms with van der Waals surface area (Å²) in [5.41, 5.74) is -0.344. The summed E-state index contributed by atoms with van der Waals surface area (Å²) in [6, 6.07) is 4.59. The van der Waals surface area contributed by atoms with Crippen molar-refractivity contribution in [1.29, 1.82) is 0 Å². The highest BCUT2D eigenvalue weighted by molar-refractivity contribution is 9.10. The van der Waals surface area contributed by atoms with Crippen LogP contribution >= 0.6 is 15.9 Å². The van der Waals surface area contributed by atoms with E-state index in [1.807, 2.05) is 0 Å². The summed E-state index contributed by atoms with van der Waals surface area (Å²) >= 11 is 3.14. The number of hydrogen-bond donors (Lipinski definition) is 2. The first-order valence-corrected chi connectivity index (χ1v) is 5.44. The molecule has 0 fully saturated rings. The lowest BCUT2D eigenvalue weighted by Gasteiger charge is -2.19. The Morgan fingerprint density at radius 3 is 2.69 bits per heavy atom. The molecule has 0 aliphatic rings. The van der Waals surface area contributed by atoms with Gasteiger partial charge in [-0.2, -0.15) is 0 Å². The summed E-state index contributed by atoms with van der Waals surface area (Å²) in [5, 5.41) is 12.1. The van der Waals surface area contributed by atoms with E-state index in [1.54, 1.807) is 26.0 Å². The summed E-state index contributed by atoms with van der Waals surface area (Å²) in [5.74, 6) is 2.17. The van der Waals surface area contributed by atoms with E-state index in [0.29, 0.717) is 10.0 Å². The molecular weight excluding hydrogens is 270 g/mol. The third kappa shape index (κ3) is 3.01. The lowest BCUT2D eigenvalue weighted by molar-refractivity contribution is 0.0929. The molecule has 0 heterocycles. The largest absolute Gasteiger partial charge is 0.507 e. The van der Waals surface area contributed by atoms with Gasteiger partial charge < -0.3 is 10.4 Å². The average Bonchev–Trinajstić information content (AvgIpc) is 2.21. The Kier molecular flexibility index (Phi) is 3.61. The van der Waals surface area contributed by atoms with Gasteiger partial charge in [-0.25, -0.2) is 0 Å². The Labute approximate surface area is 103 Å². The van der Waals surface area contributed by atoms with Crippen molar-refractivity contribution in [3.05, 3.63) is 28.2 Å². The van der Waals surface area contributed by atoms with E-state index in [2.05, 4.69) is 27.2 Å². The standard InChI is InChI=1S/C12H12BrNO2/c1-4-12(2,3)14-11(16)8-5-6-9(13)10(15)7-8/h1,5-7,15H,2-3H3,(H,14,16). The van der Waals surface area contributed by atoms with Gasteiger partial charge in [0, 0.05) is 5.56 Å². The summed E-state index contributed by atoms with van der Waals surface area (Å²) in [6.07, 6.45) is 5.27. The van der Waals surface area contributed by atoms with Crippen LogP contribution in [0.25, 0.3) is 0 Å². The maximum Gasteiger partial charge on any atom is 0.252 e. The van der Waals surface area contributed by atoms with Crippen LogP contribution in [0.1, 0.15) is 24.2 Å². The molecule has 0 saturated heterocycles. The van der Waals surface area contributed by atoms with Crippen molar-refractivity contribution in [2.24, 2.45) is 0 Å². The van der Waals surface area contributed by atoms with Crippen LogP contribution in [0.15, 0.2) is 22.7 Å². The van der Waals surface area contributed by atoms with Gasteiger partial charge in [0.25, 0.3) is 5.91 Å². The van der Waals surface area contributed by atoms with E-state index < -0.39 is 5.54 Å². The quantitative estimate of drug-likeness (QED) is 0.818. The molecular formula is C12H12BrNO2. The molecule has 84 valence electrons. The minimum atomic E-state index is -0.709. The second kappa shape index (κ2) is 4.58. The first-order valence-electron chi connectivity index (χ1n) is 4.64. The zero-order valence-electron chi connectivity index (χ0n) is 9.04. The lowest BCUT2D eigenvalue weighted by atomic mass is 10.1. The number of amides is 1. The number of hydrogen-bond acceptors (Lipinski definition) is 2. The first kappa shape index (κ1) is 12.6. The molecule has 0 spiro atoms. The second-order valence-corrected chi connectivity index (χ2v) is 4.74. The maximum absolute atomic E-state index is 11.7. The monoisotopic (exact) mass is 281 g/mol. The fourth-order valence-corrected chi connectivity index (χ4v) is 1.29. The Hall–Kier alpha value is -1.47. The number of halogens is 1. The van der Waals surface area contributed by atoms with Gasteiger partial charge in [-0.15, -0.1) is 6.42 Å². The summed E-state index contributed by atoms with van der Waals surface area (Å²) in [4.78, 5) is 11.7. The van der Waals surface area contributed by atoms with Crippen molar-refractivity contribution in [2.75, 3.05) is 0 Å². The zero-order chi connectivity index (χ0) is 12.3. The molecule has 1 rings (SSSR count). The SMILES string of the molecule is C#CC(C)(C)NC(=O)c1ccc(Br)c(O)c1. The third-order valence-corrected chi connectivity index (χ3v) is 2.67. The van der Waals surface area contributed by atoms with Crippen LogP contribution in [0.3, 0.4) is 0 Å². The van der Waals surface area contributed by atoms with Gasteiger partial charge in [-0.3, -0.25) is 4.79 Å². The third-order valence-electron chi connectivity index (χ3n) is 2.00. The maximum atomic E-state index is 11.7. The molecule has 0 atom stereocenters. The molecule has 0 saturated carbocycles. The number of rotatable bonds is 2. The molecule has 16 heavy (non-hydrogen) atoms. The molecule has 2 N–H and O–H groups in total. The average molecular weight is 282 g/mol. The molecule has 0 unspecified atom stereocenters. The van der Waals surface area contributed by atoms with E-state index in [1.165, 1.54) is 6.07 Å². The molecule has 1 aromatic rings. The van der Waals surface area contributed by atoms with E-state index in [4.69, 9.17) is 6.42 Å². The van der Waals surface area contributed by atoms with Crippen LogP contribution in [0.2, 0.25) is 0 Å². The molecule has 0 aliphatic heterocycles. The van der Waals surface area contributed by atoms with Gasteiger partial charge in [-0.05, 0) is 48.0 Å². The summed E-state index contributed by atoms with van der Waals surface area (Å²) < 4.78 is 0.542. The Morgan fingerprint density at radius 2 is 2.19 bits per heavy atom. The van der Waals surface area contributed by atoms with Crippen molar-refractivity contribution in [3.8, 4) is 18.1 Å². The van der Waals surface area contributed by atoms with Gasteiger partial charge in [0.1, 0.15) is 5.75 Å². The van der Waals surface area contributed by atoms with E-state index in [9.17, 15) is 9.90 Å². The second-order valence-electron chi connectivity index (χ2n) is 3.89. The van der Waals surface area contributed by atoms with Gasteiger partial charge in [0.15, 0.2) is 0 Å². The number of carbonyl (C=O) groups is 1. The van der Waals surface area contributed by atoms with Crippen LogP contribution in [0.5, 0.6) is 5.75 Å². The predicted molar refractivity (Wildman–Crippen MR) is 66.2 cm³/mol. The number of carbonyl (C=O) groups excluding carboxylic acids is 1. The predicted octanol–water partition coefficient (Wildman–Crippen LogP) is 2.30. The van der Waals surface area contributed by atoms with E-state index in [-0.39, 0.29) is 11.7 Å². The summed E-state index contributed by atoms with van der Waals surface area (Å²) in [7, 11) is 0. The Bertz CT molecular complexity index is 461. The van der Waals surface area contributed by atoms with Gasteiger partial charge in [0.2, 0.25) is 0 Å². The fraction of sp³-hybridized carbons (Fsp3) is 0.250. The zero-order valence-corrected chi connectivity index (χ0v) is 10.6. The molecule has 4 heteroatoms. The van der Waals surface area contributed by atoms with E-state index in [0.717, 1.165) is 0 Å². The highest BCUT2D eigenvalue weighted by atomic mass is 79.9. The van der Waals surface area contributed by atoms with Crippen molar-refractivity contribution < 1.29 is 9.90 Å². The number of terminal acetylenes is 1. The fourth-order valence-electron chi connectivity index (χ4n) is 1.05. The topological polar surface area (TPSA) is 49.3 Å². The van der Waals surface area contributed by atoms with E-state index >= 15 is 0 Å². The summed E-state index contributed by atoms with van der Waals surface area (Å²) in [6.45, 7) is 3.45. The molecule has 1 aromatic carbocycles. The number of aromatic hydroxyl groups is 1. The van der Waals surface area contributed by atoms with Crippen molar-refractivity contribution >= 4 is 21.8 Å². The molecule has 0 bridgehead atoms. The lowest BCUT2D eigenvalue weighted by Crippen LogP contribution is -2.42. The van der Waals surface area contributed by atoms with Gasteiger partial charge >= 0.3 is 0 Å². The normalized spacial score (nSPS) is 10.6.